The highest BCUT2D eigenvalue weighted by molar-refractivity contribution is 6.34. The molecule has 142 valence electrons. The van der Waals surface area contributed by atoms with Crippen LogP contribution in [-0.2, 0) is 0 Å². The number of benzene rings is 1. The average molecular weight is 388 g/mol. The molecule has 0 bridgehead atoms. The first-order chi connectivity index (χ1) is 13.0. The first-order valence-corrected chi connectivity index (χ1v) is 9.38. The lowest BCUT2D eigenvalue weighted by Crippen LogP contribution is -2.29. The van der Waals surface area contributed by atoms with Crippen molar-refractivity contribution < 1.29 is 14.3 Å². The van der Waals surface area contributed by atoms with Crippen LogP contribution in [0.15, 0.2) is 30.3 Å². The molecule has 0 spiro atoms. The minimum absolute atomic E-state index is 0.0606. The molecule has 27 heavy (non-hydrogen) atoms. The molecule has 6 nitrogen and oxygen atoms in total. The van der Waals surface area contributed by atoms with Crippen LogP contribution in [0.3, 0.4) is 0 Å². The molecule has 0 radical (unpaired) electrons. The number of nitrogens with zero attached hydrogens (tertiary/aromatic N) is 2. The van der Waals surface area contributed by atoms with Crippen LogP contribution >= 0.6 is 11.6 Å². The van der Waals surface area contributed by atoms with E-state index in [9.17, 15) is 9.59 Å². The summed E-state index contributed by atoms with van der Waals surface area (Å²) in [7, 11) is 0. The third-order valence-corrected chi connectivity index (χ3v) is 4.77. The normalized spacial score (nSPS) is 13.5. The summed E-state index contributed by atoms with van der Waals surface area (Å²) in [6.45, 7) is 5.59. The lowest BCUT2D eigenvalue weighted by molar-refractivity contribution is 0.0793. The zero-order valence-electron chi connectivity index (χ0n) is 15.4. The number of hydrogen-bond donors (Lipinski definition) is 1. The number of hydrogen-bond acceptors (Lipinski definition) is 4. The number of carbonyl (C=O) groups excluding carboxylic acids is 2. The number of amides is 2. The number of aryl methyl sites for hydroxylation is 1. The van der Waals surface area contributed by atoms with Crippen LogP contribution in [0.4, 0.5) is 5.69 Å². The van der Waals surface area contributed by atoms with E-state index in [4.69, 9.17) is 16.3 Å². The zero-order valence-corrected chi connectivity index (χ0v) is 16.2. The van der Waals surface area contributed by atoms with Gasteiger partial charge in [0.25, 0.3) is 11.8 Å². The number of likely N-dealkylation sites (tertiary alicyclic amines) is 1. The molecule has 1 aromatic carbocycles. The van der Waals surface area contributed by atoms with E-state index in [0.717, 1.165) is 31.5 Å². The van der Waals surface area contributed by atoms with Gasteiger partial charge in [0.15, 0.2) is 5.69 Å². The van der Waals surface area contributed by atoms with Crippen LogP contribution in [0.5, 0.6) is 5.88 Å². The van der Waals surface area contributed by atoms with Crippen LogP contribution in [0.25, 0.3) is 0 Å². The maximum absolute atomic E-state index is 12.9. The van der Waals surface area contributed by atoms with Crippen LogP contribution in [-0.4, -0.2) is 41.4 Å². The van der Waals surface area contributed by atoms with E-state index in [1.807, 2.05) is 30.9 Å². The number of carbonyl (C=O) groups is 2. The third-order valence-electron chi connectivity index (χ3n) is 4.46. The molecular formula is C20H22ClN3O3. The smallest absolute Gasteiger partial charge is 0.275 e. The molecule has 0 saturated carbocycles. The van der Waals surface area contributed by atoms with Gasteiger partial charge in [-0.05, 0) is 44.4 Å². The SMILES string of the molecule is CCOc1ccc(Cl)c(C(=O)Nc2c(C)cccc2C(=O)N2CCCC2)n1. The second-order valence-electron chi connectivity index (χ2n) is 6.36. The first-order valence-electron chi connectivity index (χ1n) is 9.01. The van der Waals surface area contributed by atoms with Crippen LogP contribution in [0.1, 0.15) is 46.2 Å². The summed E-state index contributed by atoms with van der Waals surface area (Å²) in [5.74, 6) is -0.231. The number of aromatic nitrogens is 1. The predicted molar refractivity (Wildman–Crippen MR) is 105 cm³/mol. The molecule has 1 saturated heterocycles. The number of rotatable bonds is 5. The molecule has 2 heterocycles. The summed E-state index contributed by atoms with van der Waals surface area (Å²) in [5.41, 5.74) is 1.82. The van der Waals surface area contributed by atoms with Gasteiger partial charge in [-0.25, -0.2) is 4.98 Å². The van der Waals surface area contributed by atoms with E-state index in [1.54, 1.807) is 18.2 Å². The monoisotopic (exact) mass is 387 g/mol. The van der Waals surface area contributed by atoms with Crippen molar-refractivity contribution in [2.75, 3.05) is 25.0 Å². The Morgan fingerprint density at radius 1 is 1.22 bits per heavy atom. The highest BCUT2D eigenvalue weighted by Gasteiger charge is 2.24. The van der Waals surface area contributed by atoms with Gasteiger partial charge < -0.3 is 15.0 Å². The van der Waals surface area contributed by atoms with Gasteiger partial charge >= 0.3 is 0 Å². The van der Waals surface area contributed by atoms with E-state index in [2.05, 4.69) is 10.3 Å². The molecule has 1 aliphatic rings. The lowest BCUT2D eigenvalue weighted by Gasteiger charge is -2.19. The van der Waals surface area contributed by atoms with Gasteiger partial charge in [-0.2, -0.15) is 0 Å². The molecule has 0 unspecified atom stereocenters. The van der Waals surface area contributed by atoms with Gasteiger partial charge in [0.05, 0.1) is 22.9 Å². The standard InChI is InChI=1S/C20H22ClN3O3/c1-3-27-16-10-9-15(21)18(22-16)19(25)23-17-13(2)7-6-8-14(17)20(26)24-11-4-5-12-24/h6-10H,3-5,11-12H2,1-2H3,(H,23,25). The van der Waals surface area contributed by atoms with E-state index >= 15 is 0 Å². The summed E-state index contributed by atoms with van der Waals surface area (Å²) in [6.07, 6.45) is 2.01. The number of para-hydroxylation sites is 1. The van der Waals surface area contributed by atoms with Crippen molar-refractivity contribution in [1.29, 1.82) is 0 Å². The fourth-order valence-electron chi connectivity index (χ4n) is 3.09. The van der Waals surface area contributed by atoms with E-state index in [1.165, 1.54) is 0 Å². The van der Waals surface area contributed by atoms with Crippen molar-refractivity contribution in [3.63, 3.8) is 0 Å². The summed E-state index contributed by atoms with van der Waals surface area (Å²) in [4.78, 5) is 31.6. The Morgan fingerprint density at radius 2 is 1.96 bits per heavy atom. The third kappa shape index (κ3) is 4.22. The molecule has 1 aliphatic heterocycles. The summed E-state index contributed by atoms with van der Waals surface area (Å²) in [6, 6.07) is 8.58. The summed E-state index contributed by atoms with van der Waals surface area (Å²) in [5, 5.41) is 3.04. The van der Waals surface area contributed by atoms with Gasteiger partial charge in [0.2, 0.25) is 5.88 Å². The van der Waals surface area contributed by atoms with E-state index in [-0.39, 0.29) is 16.6 Å². The van der Waals surface area contributed by atoms with Crippen molar-refractivity contribution in [3.05, 3.63) is 52.2 Å². The van der Waals surface area contributed by atoms with Crippen molar-refractivity contribution in [3.8, 4) is 5.88 Å². The van der Waals surface area contributed by atoms with Crippen molar-refractivity contribution in [2.45, 2.75) is 26.7 Å². The molecule has 1 aromatic heterocycles. The highest BCUT2D eigenvalue weighted by atomic mass is 35.5. The molecule has 1 fully saturated rings. The fraction of sp³-hybridized carbons (Fsp3) is 0.350. The fourth-order valence-corrected chi connectivity index (χ4v) is 3.28. The average Bonchev–Trinajstić information content (AvgIpc) is 3.19. The quantitative estimate of drug-likeness (QED) is 0.843. The predicted octanol–water partition coefficient (Wildman–Crippen LogP) is 3.93. The van der Waals surface area contributed by atoms with Crippen molar-refractivity contribution >= 4 is 29.1 Å². The molecular weight excluding hydrogens is 366 g/mol. The maximum Gasteiger partial charge on any atom is 0.275 e. The van der Waals surface area contributed by atoms with Gasteiger partial charge in [0.1, 0.15) is 0 Å². The lowest BCUT2D eigenvalue weighted by atomic mass is 10.1. The minimum atomic E-state index is -0.480. The van der Waals surface area contributed by atoms with Crippen LogP contribution in [0.2, 0.25) is 5.02 Å². The van der Waals surface area contributed by atoms with Gasteiger partial charge in [-0.3, -0.25) is 9.59 Å². The highest BCUT2D eigenvalue weighted by Crippen LogP contribution is 2.26. The van der Waals surface area contributed by atoms with Crippen LogP contribution < -0.4 is 10.1 Å². The molecule has 1 N–H and O–H groups in total. The molecule has 2 aromatic rings. The molecule has 0 atom stereocenters. The Hall–Kier alpha value is -2.60. The number of anilines is 1. The first kappa shape index (κ1) is 19.2. The second kappa shape index (κ2) is 8.39. The van der Waals surface area contributed by atoms with Crippen molar-refractivity contribution in [2.24, 2.45) is 0 Å². The van der Waals surface area contributed by atoms with Gasteiger partial charge in [0, 0.05) is 19.2 Å². The summed E-state index contributed by atoms with van der Waals surface area (Å²) >= 11 is 6.15. The Morgan fingerprint density at radius 3 is 2.67 bits per heavy atom. The molecule has 7 heteroatoms. The maximum atomic E-state index is 12.9. The number of pyridine rings is 1. The second-order valence-corrected chi connectivity index (χ2v) is 6.77. The number of nitrogens with one attached hydrogen (secondary N) is 1. The van der Waals surface area contributed by atoms with E-state index in [0.29, 0.717) is 23.7 Å². The Balaban J connectivity index is 1.90. The Bertz CT molecular complexity index is 864. The van der Waals surface area contributed by atoms with Gasteiger partial charge in [-0.15, -0.1) is 0 Å². The Labute approximate surface area is 163 Å². The van der Waals surface area contributed by atoms with E-state index < -0.39 is 5.91 Å². The number of halogens is 1. The Kier molecular flexibility index (Phi) is 5.96. The molecule has 0 aliphatic carbocycles. The van der Waals surface area contributed by atoms with Crippen molar-refractivity contribution in [1.82, 2.24) is 9.88 Å². The number of ether oxygens (including phenoxy) is 1. The zero-order chi connectivity index (χ0) is 19.4. The molecule has 2 amide bonds. The van der Waals surface area contributed by atoms with Gasteiger partial charge in [-0.1, -0.05) is 23.7 Å². The largest absolute Gasteiger partial charge is 0.478 e. The molecule has 3 rings (SSSR count). The summed E-state index contributed by atoms with van der Waals surface area (Å²) < 4.78 is 5.34. The topological polar surface area (TPSA) is 71.5 Å². The van der Waals surface area contributed by atoms with Crippen LogP contribution in [0, 0.1) is 6.92 Å². The minimum Gasteiger partial charge on any atom is -0.478 e.